The van der Waals surface area contributed by atoms with Gasteiger partial charge in [0, 0.05) is 45.0 Å². The van der Waals surface area contributed by atoms with Crippen molar-refractivity contribution in [2.45, 2.75) is 31.5 Å². The van der Waals surface area contributed by atoms with Gasteiger partial charge in [-0.3, -0.25) is 14.6 Å². The van der Waals surface area contributed by atoms with Crippen LogP contribution < -0.4 is 10.6 Å². The van der Waals surface area contributed by atoms with Crippen LogP contribution in [0.1, 0.15) is 30.5 Å². The average Bonchev–Trinajstić information content (AvgIpc) is 2.90. The summed E-state index contributed by atoms with van der Waals surface area (Å²) in [7, 11) is 1.80. The molecule has 5 nitrogen and oxygen atoms in total. The third-order valence-electron chi connectivity index (χ3n) is 6.95. The first-order valence-electron chi connectivity index (χ1n) is 12.2. The second-order valence-electron chi connectivity index (χ2n) is 9.22. The molecule has 178 valence electrons. The largest absolute Gasteiger partial charge is 0.320 e. The van der Waals surface area contributed by atoms with Gasteiger partial charge in [0.05, 0.1) is 12.1 Å². The summed E-state index contributed by atoms with van der Waals surface area (Å²) in [5.74, 6) is -0.0371. The van der Waals surface area contributed by atoms with Crippen molar-refractivity contribution < 1.29 is 4.79 Å². The Morgan fingerprint density at radius 3 is 1.74 bits per heavy atom. The van der Waals surface area contributed by atoms with Gasteiger partial charge in [0.25, 0.3) is 0 Å². The van der Waals surface area contributed by atoms with E-state index in [1.807, 2.05) is 30.3 Å². The molecule has 0 aliphatic carbocycles. The molecule has 1 fully saturated rings. The molecule has 2 unspecified atom stereocenters. The van der Waals surface area contributed by atoms with Gasteiger partial charge in [-0.05, 0) is 36.6 Å². The molecule has 1 heterocycles. The molecular weight excluding hydrogens is 420 g/mol. The molecule has 0 bridgehead atoms. The molecule has 1 amide bonds. The predicted molar refractivity (Wildman–Crippen MR) is 140 cm³/mol. The lowest BCUT2D eigenvalue weighted by atomic mass is 9.96. The monoisotopic (exact) mass is 456 g/mol. The highest BCUT2D eigenvalue weighted by Gasteiger charge is 2.30. The third kappa shape index (κ3) is 5.73. The van der Waals surface area contributed by atoms with Crippen molar-refractivity contribution in [3.05, 3.63) is 102 Å². The van der Waals surface area contributed by atoms with Crippen molar-refractivity contribution in [3.63, 3.8) is 0 Å². The quantitative estimate of drug-likeness (QED) is 0.553. The van der Waals surface area contributed by atoms with Crippen LogP contribution in [0, 0.1) is 0 Å². The first-order valence-corrected chi connectivity index (χ1v) is 12.2. The van der Waals surface area contributed by atoms with Crippen LogP contribution >= 0.6 is 0 Å². The molecule has 3 aromatic rings. The maximum atomic E-state index is 12.9. The molecule has 34 heavy (non-hydrogen) atoms. The van der Waals surface area contributed by atoms with Gasteiger partial charge in [0.2, 0.25) is 5.91 Å². The maximum Gasteiger partial charge on any atom is 0.243 e. The van der Waals surface area contributed by atoms with E-state index in [1.54, 1.807) is 11.9 Å². The van der Waals surface area contributed by atoms with Gasteiger partial charge >= 0.3 is 0 Å². The summed E-state index contributed by atoms with van der Waals surface area (Å²) in [5.41, 5.74) is 9.89. The smallest absolute Gasteiger partial charge is 0.243 e. The fraction of sp³-hybridized carbons (Fsp3) is 0.345. The molecular formula is C29H36N4O. The van der Waals surface area contributed by atoms with E-state index in [-0.39, 0.29) is 18.0 Å². The van der Waals surface area contributed by atoms with Crippen molar-refractivity contribution >= 4 is 11.6 Å². The maximum absolute atomic E-state index is 12.9. The van der Waals surface area contributed by atoms with Gasteiger partial charge in [0.15, 0.2) is 0 Å². The SMILES string of the molecule is CC(CC(N)C(=O)N(C)c1ccccc1)N1CCN(C(c2ccccc2)c2ccccc2)CC1. The minimum atomic E-state index is -0.514. The Morgan fingerprint density at radius 2 is 1.24 bits per heavy atom. The van der Waals surface area contributed by atoms with Crippen LogP contribution in [0.4, 0.5) is 5.69 Å². The van der Waals surface area contributed by atoms with E-state index in [9.17, 15) is 4.79 Å². The Balaban J connectivity index is 1.36. The molecule has 0 aromatic heterocycles. The Bertz CT molecular complexity index is 980. The molecule has 1 saturated heterocycles. The Morgan fingerprint density at radius 1 is 0.794 bits per heavy atom. The van der Waals surface area contributed by atoms with E-state index in [2.05, 4.69) is 77.4 Å². The van der Waals surface area contributed by atoms with Crippen molar-refractivity contribution in [3.8, 4) is 0 Å². The Kier molecular flexibility index (Phi) is 8.12. The number of piperazine rings is 1. The normalized spacial score (nSPS) is 16.8. The number of amides is 1. The van der Waals surface area contributed by atoms with E-state index in [0.29, 0.717) is 6.42 Å². The topological polar surface area (TPSA) is 52.8 Å². The standard InChI is InChI=1S/C29H36N4O/c1-23(22-27(30)29(34)31(2)26-16-10-5-11-17-26)32-18-20-33(21-19-32)28(24-12-6-3-7-13-24)25-14-8-4-9-15-25/h3-17,23,27-28H,18-22,30H2,1-2H3. The lowest BCUT2D eigenvalue weighted by Gasteiger charge is -2.42. The number of hydrogen-bond donors (Lipinski definition) is 1. The number of hydrogen-bond acceptors (Lipinski definition) is 4. The fourth-order valence-corrected chi connectivity index (χ4v) is 4.97. The van der Waals surface area contributed by atoms with Gasteiger partial charge in [-0.15, -0.1) is 0 Å². The molecule has 2 N–H and O–H groups in total. The van der Waals surface area contributed by atoms with E-state index >= 15 is 0 Å². The summed E-state index contributed by atoms with van der Waals surface area (Å²) in [6.45, 7) is 6.08. The number of likely N-dealkylation sites (N-methyl/N-ethyl adjacent to an activating group) is 1. The van der Waals surface area contributed by atoms with E-state index in [1.165, 1.54) is 11.1 Å². The number of para-hydroxylation sites is 1. The van der Waals surface area contributed by atoms with Crippen LogP contribution in [0.3, 0.4) is 0 Å². The molecule has 0 saturated carbocycles. The second-order valence-corrected chi connectivity index (χ2v) is 9.22. The van der Waals surface area contributed by atoms with Crippen LogP contribution in [0.2, 0.25) is 0 Å². The number of nitrogens with zero attached hydrogens (tertiary/aromatic N) is 3. The summed E-state index contributed by atoms with van der Waals surface area (Å²) < 4.78 is 0. The highest BCUT2D eigenvalue weighted by Crippen LogP contribution is 2.30. The van der Waals surface area contributed by atoms with Crippen LogP contribution in [0.15, 0.2) is 91.0 Å². The van der Waals surface area contributed by atoms with Crippen molar-refractivity contribution in [2.24, 2.45) is 5.73 Å². The fourth-order valence-electron chi connectivity index (χ4n) is 4.97. The number of benzene rings is 3. The van der Waals surface area contributed by atoms with Gasteiger partial charge in [-0.25, -0.2) is 0 Å². The Hall–Kier alpha value is -2.99. The minimum absolute atomic E-state index is 0.0371. The molecule has 1 aliphatic rings. The van der Waals surface area contributed by atoms with Crippen LogP contribution in [-0.2, 0) is 4.79 Å². The average molecular weight is 457 g/mol. The van der Waals surface area contributed by atoms with E-state index < -0.39 is 6.04 Å². The molecule has 5 heteroatoms. The molecule has 1 aliphatic heterocycles. The van der Waals surface area contributed by atoms with Crippen LogP contribution in [0.25, 0.3) is 0 Å². The van der Waals surface area contributed by atoms with E-state index in [0.717, 1.165) is 31.9 Å². The van der Waals surface area contributed by atoms with Crippen LogP contribution in [-0.4, -0.2) is 61.0 Å². The Labute approximate surface area is 203 Å². The molecule has 2 atom stereocenters. The molecule has 0 radical (unpaired) electrons. The van der Waals surface area contributed by atoms with Crippen molar-refractivity contribution in [1.82, 2.24) is 9.80 Å². The van der Waals surface area contributed by atoms with Gasteiger partial charge in [-0.2, -0.15) is 0 Å². The summed E-state index contributed by atoms with van der Waals surface area (Å²) in [5, 5.41) is 0. The minimum Gasteiger partial charge on any atom is -0.320 e. The lowest BCUT2D eigenvalue weighted by Crippen LogP contribution is -2.53. The summed E-state index contributed by atoms with van der Waals surface area (Å²) in [6.07, 6.45) is 0.650. The van der Waals surface area contributed by atoms with Gasteiger partial charge < -0.3 is 10.6 Å². The predicted octanol–water partition coefficient (Wildman–Crippen LogP) is 4.16. The van der Waals surface area contributed by atoms with Crippen molar-refractivity contribution in [2.75, 3.05) is 38.1 Å². The molecule has 4 rings (SSSR count). The number of carbonyl (C=O) groups excluding carboxylic acids is 1. The number of rotatable bonds is 8. The zero-order chi connectivity index (χ0) is 23.9. The lowest BCUT2D eigenvalue weighted by molar-refractivity contribution is -0.120. The number of anilines is 1. The van der Waals surface area contributed by atoms with Crippen LogP contribution in [0.5, 0.6) is 0 Å². The first-order chi connectivity index (χ1) is 16.5. The second kappa shape index (κ2) is 11.4. The molecule has 0 spiro atoms. The zero-order valence-electron chi connectivity index (χ0n) is 20.3. The number of carbonyl (C=O) groups is 1. The summed E-state index contributed by atoms with van der Waals surface area (Å²) in [4.78, 5) is 19.6. The highest BCUT2D eigenvalue weighted by molar-refractivity contribution is 5.96. The zero-order valence-corrected chi connectivity index (χ0v) is 20.3. The summed E-state index contributed by atoms with van der Waals surface area (Å²) >= 11 is 0. The van der Waals surface area contributed by atoms with E-state index in [4.69, 9.17) is 5.73 Å². The number of nitrogens with two attached hydrogens (primary N) is 1. The van der Waals surface area contributed by atoms with Crippen molar-refractivity contribution in [1.29, 1.82) is 0 Å². The summed E-state index contributed by atoms with van der Waals surface area (Å²) in [6, 6.07) is 31.2. The highest BCUT2D eigenvalue weighted by atomic mass is 16.2. The van der Waals surface area contributed by atoms with Gasteiger partial charge in [0.1, 0.15) is 0 Å². The third-order valence-corrected chi connectivity index (χ3v) is 6.95. The van der Waals surface area contributed by atoms with Gasteiger partial charge in [-0.1, -0.05) is 78.9 Å². The first kappa shape index (κ1) is 24.1. The molecule has 3 aromatic carbocycles.